The molecule has 0 atom stereocenters. The van der Waals surface area contributed by atoms with Crippen LogP contribution in [-0.4, -0.2) is 25.7 Å². The molecule has 1 aromatic rings. The molecule has 0 saturated heterocycles. The van der Waals surface area contributed by atoms with Gasteiger partial charge in [-0.1, -0.05) is 0 Å². The summed E-state index contributed by atoms with van der Waals surface area (Å²) in [6.45, 7) is -0.145. The molecule has 1 rings (SSSR count). The zero-order valence-electron chi connectivity index (χ0n) is 8.80. The largest absolute Gasteiger partial charge is 0.490 e. The van der Waals surface area contributed by atoms with Gasteiger partial charge in [0.1, 0.15) is 12.4 Å². The first-order valence-corrected chi connectivity index (χ1v) is 7.77. The van der Waals surface area contributed by atoms with Crippen LogP contribution >= 0.6 is 31.9 Å². The fourth-order valence-electron chi connectivity index (χ4n) is 1.05. The molecule has 0 bridgehead atoms. The van der Waals surface area contributed by atoms with Crippen LogP contribution in [0.25, 0.3) is 0 Å². The highest BCUT2D eigenvalue weighted by Gasteiger charge is 2.15. The van der Waals surface area contributed by atoms with Gasteiger partial charge in [-0.25, -0.2) is 13.6 Å². The lowest BCUT2D eigenvalue weighted by Gasteiger charge is -2.09. The van der Waals surface area contributed by atoms with Crippen LogP contribution in [0.15, 0.2) is 21.1 Å². The van der Waals surface area contributed by atoms with Gasteiger partial charge in [-0.05, 0) is 31.9 Å². The van der Waals surface area contributed by atoms with Crippen molar-refractivity contribution >= 4 is 47.6 Å². The van der Waals surface area contributed by atoms with Gasteiger partial charge in [-0.3, -0.25) is 10.1 Å². The van der Waals surface area contributed by atoms with Gasteiger partial charge < -0.3 is 4.74 Å². The van der Waals surface area contributed by atoms with Crippen LogP contribution in [0.2, 0.25) is 0 Å². The second-order valence-electron chi connectivity index (χ2n) is 3.21. The summed E-state index contributed by atoms with van der Waals surface area (Å²) in [6.07, 6.45) is 0. The molecule has 2 N–H and O–H groups in total. The third-order valence-electron chi connectivity index (χ3n) is 1.81. The summed E-state index contributed by atoms with van der Waals surface area (Å²) < 4.78 is 27.3. The molecule has 0 aliphatic heterocycles. The van der Waals surface area contributed by atoms with E-state index in [1.54, 1.807) is 0 Å². The Morgan fingerprint density at radius 3 is 2.22 bits per heavy atom. The number of nitro groups is 1. The van der Waals surface area contributed by atoms with Crippen molar-refractivity contribution in [1.29, 1.82) is 0 Å². The molecule has 0 radical (unpaired) electrons. The molecule has 0 saturated carbocycles. The minimum atomic E-state index is -3.61. The topological polar surface area (TPSA) is 113 Å². The maximum atomic E-state index is 10.7. The van der Waals surface area contributed by atoms with E-state index in [1.165, 1.54) is 12.1 Å². The summed E-state index contributed by atoms with van der Waals surface area (Å²) in [5, 5.41) is 15.4. The predicted octanol–water partition coefficient (Wildman–Crippen LogP) is 1.79. The summed E-state index contributed by atoms with van der Waals surface area (Å²) in [5.74, 6) is -0.0627. The maximum absolute atomic E-state index is 10.7. The smallest absolute Gasteiger partial charge is 0.271 e. The van der Waals surface area contributed by atoms with Crippen LogP contribution in [0.3, 0.4) is 0 Å². The van der Waals surface area contributed by atoms with Gasteiger partial charge in [0.05, 0.1) is 19.6 Å². The zero-order valence-corrected chi connectivity index (χ0v) is 12.8. The molecule has 7 nitrogen and oxygen atoms in total. The average molecular weight is 404 g/mol. The highest BCUT2D eigenvalue weighted by molar-refractivity contribution is 9.11. The van der Waals surface area contributed by atoms with Crippen LogP contribution in [0.5, 0.6) is 5.75 Å². The highest BCUT2D eigenvalue weighted by atomic mass is 79.9. The summed E-state index contributed by atoms with van der Waals surface area (Å²) in [5.41, 5.74) is -0.118. The molecular weight excluding hydrogens is 396 g/mol. The number of benzene rings is 1. The quantitative estimate of drug-likeness (QED) is 0.594. The SMILES string of the molecule is NS(=O)(=O)CCOc1c(Br)cc([N+](=O)[O-])cc1Br. The Bertz CT molecular complexity index is 552. The van der Waals surface area contributed by atoms with Gasteiger partial charge in [0.2, 0.25) is 10.0 Å². The third-order valence-corrected chi connectivity index (χ3v) is 3.72. The molecule has 0 spiro atoms. The average Bonchev–Trinajstić information content (AvgIpc) is 2.20. The van der Waals surface area contributed by atoms with E-state index in [0.29, 0.717) is 8.95 Å². The number of ether oxygens (including phenoxy) is 1. The molecule has 0 aliphatic carbocycles. The van der Waals surface area contributed by atoms with Crippen LogP contribution in [0.4, 0.5) is 5.69 Å². The number of nitrogens with zero attached hydrogens (tertiary/aromatic N) is 1. The van der Waals surface area contributed by atoms with E-state index >= 15 is 0 Å². The van der Waals surface area contributed by atoms with E-state index in [0.717, 1.165) is 0 Å². The fourth-order valence-corrected chi connectivity index (χ4v) is 2.76. The van der Waals surface area contributed by atoms with Gasteiger partial charge >= 0.3 is 0 Å². The fraction of sp³-hybridized carbons (Fsp3) is 0.250. The Balaban J connectivity index is 2.87. The van der Waals surface area contributed by atoms with Gasteiger partial charge in [0.15, 0.2) is 0 Å². The van der Waals surface area contributed by atoms with E-state index in [9.17, 15) is 18.5 Å². The summed E-state index contributed by atoms with van der Waals surface area (Å²) in [4.78, 5) is 10.0. The minimum Gasteiger partial charge on any atom is -0.490 e. The van der Waals surface area contributed by atoms with Gasteiger partial charge in [-0.2, -0.15) is 0 Å². The molecule has 0 fully saturated rings. The lowest BCUT2D eigenvalue weighted by Crippen LogP contribution is -2.21. The number of halogens is 2. The normalized spacial score (nSPS) is 11.3. The first-order chi connectivity index (χ1) is 8.20. The third kappa shape index (κ3) is 4.52. The number of rotatable bonds is 5. The molecule has 0 unspecified atom stereocenters. The standard InChI is InChI=1S/C8H8Br2N2O5S/c9-6-3-5(12(13)14)4-7(10)8(6)17-1-2-18(11,15)16/h3-4H,1-2H2,(H2,11,15,16). The molecular formula is C8H8Br2N2O5S. The Hall–Kier alpha value is -0.710. The number of nitro benzene ring substituents is 1. The predicted molar refractivity (Wildman–Crippen MR) is 72.0 cm³/mol. The molecule has 10 heteroatoms. The van der Waals surface area contributed by atoms with Gasteiger partial charge in [0, 0.05) is 12.1 Å². The zero-order chi connectivity index (χ0) is 13.9. The van der Waals surface area contributed by atoms with Crippen molar-refractivity contribution in [3.05, 3.63) is 31.2 Å². The summed E-state index contributed by atoms with van der Waals surface area (Å²) in [7, 11) is -3.61. The van der Waals surface area contributed by atoms with Crippen LogP contribution in [0.1, 0.15) is 0 Å². The van der Waals surface area contributed by atoms with Crippen LogP contribution in [0, 0.1) is 10.1 Å². The maximum Gasteiger partial charge on any atom is 0.271 e. The van der Waals surface area contributed by atoms with Gasteiger partial charge in [0.25, 0.3) is 5.69 Å². The monoisotopic (exact) mass is 402 g/mol. The molecule has 0 aromatic heterocycles. The van der Waals surface area contributed by atoms with Crippen molar-refractivity contribution in [2.24, 2.45) is 5.14 Å². The molecule has 1 aromatic carbocycles. The van der Waals surface area contributed by atoms with E-state index < -0.39 is 14.9 Å². The number of hydrogen-bond donors (Lipinski definition) is 1. The van der Waals surface area contributed by atoms with E-state index in [1.807, 2.05) is 0 Å². The summed E-state index contributed by atoms with van der Waals surface area (Å²) >= 11 is 6.21. The molecule has 0 heterocycles. The number of sulfonamides is 1. The van der Waals surface area contributed by atoms with Crippen molar-refractivity contribution in [3.8, 4) is 5.75 Å². The van der Waals surface area contributed by atoms with E-state index in [2.05, 4.69) is 31.9 Å². The lowest BCUT2D eigenvalue weighted by molar-refractivity contribution is -0.385. The Morgan fingerprint density at radius 1 is 1.33 bits per heavy atom. The van der Waals surface area contributed by atoms with Crippen molar-refractivity contribution in [3.63, 3.8) is 0 Å². The van der Waals surface area contributed by atoms with Crippen molar-refractivity contribution in [1.82, 2.24) is 0 Å². The number of nitrogens with two attached hydrogens (primary N) is 1. The molecule has 18 heavy (non-hydrogen) atoms. The Morgan fingerprint density at radius 2 is 1.83 bits per heavy atom. The van der Waals surface area contributed by atoms with Crippen molar-refractivity contribution in [2.75, 3.05) is 12.4 Å². The second-order valence-corrected chi connectivity index (χ2v) is 6.65. The van der Waals surface area contributed by atoms with Crippen molar-refractivity contribution in [2.45, 2.75) is 0 Å². The second kappa shape index (κ2) is 5.95. The lowest BCUT2D eigenvalue weighted by atomic mass is 10.3. The Kier molecular flexibility index (Phi) is 5.08. The number of hydrogen-bond acceptors (Lipinski definition) is 5. The van der Waals surface area contributed by atoms with Crippen molar-refractivity contribution < 1.29 is 18.1 Å². The van der Waals surface area contributed by atoms with E-state index in [4.69, 9.17) is 9.88 Å². The number of primary sulfonamides is 1. The van der Waals surface area contributed by atoms with Crippen LogP contribution in [-0.2, 0) is 10.0 Å². The minimum absolute atomic E-state index is 0.118. The molecule has 0 aliphatic rings. The van der Waals surface area contributed by atoms with Gasteiger partial charge in [-0.15, -0.1) is 0 Å². The summed E-state index contributed by atoms with van der Waals surface area (Å²) in [6, 6.07) is 2.52. The number of non-ortho nitro benzene ring substituents is 1. The molecule has 0 amide bonds. The first kappa shape index (κ1) is 15.3. The van der Waals surface area contributed by atoms with Crippen LogP contribution < -0.4 is 9.88 Å². The first-order valence-electron chi connectivity index (χ1n) is 4.47. The Labute approximate surface area is 120 Å². The molecule has 100 valence electrons. The van der Waals surface area contributed by atoms with E-state index in [-0.39, 0.29) is 23.8 Å². The highest BCUT2D eigenvalue weighted by Crippen LogP contribution is 2.37.